The van der Waals surface area contributed by atoms with Gasteiger partial charge < -0.3 is 10.1 Å². The lowest BCUT2D eigenvalue weighted by Gasteiger charge is -2.16. The van der Waals surface area contributed by atoms with Crippen LogP contribution in [0.25, 0.3) is 0 Å². The van der Waals surface area contributed by atoms with Crippen molar-refractivity contribution in [3.05, 3.63) is 71.5 Å². The van der Waals surface area contributed by atoms with E-state index in [1.807, 2.05) is 30.3 Å². The molecule has 0 bridgehead atoms. The Morgan fingerprint density at radius 2 is 1.80 bits per heavy atom. The number of amides is 1. The molecule has 0 heterocycles. The highest BCUT2D eigenvalue weighted by atomic mass is 19.1. The lowest BCUT2D eigenvalue weighted by Crippen LogP contribution is -2.29. The molecule has 0 aliphatic rings. The first kappa shape index (κ1) is 14.2. The van der Waals surface area contributed by atoms with Crippen molar-refractivity contribution in [3.63, 3.8) is 0 Å². The van der Waals surface area contributed by atoms with Gasteiger partial charge in [-0.2, -0.15) is 0 Å². The fourth-order valence-electron chi connectivity index (χ4n) is 1.89. The number of hydrogen-bond donors (Lipinski definition) is 1. The Labute approximate surface area is 117 Å². The number of halogens is 1. The van der Waals surface area contributed by atoms with Crippen LogP contribution in [0.2, 0.25) is 0 Å². The van der Waals surface area contributed by atoms with Gasteiger partial charge in [0, 0.05) is 19.2 Å². The zero-order valence-electron chi connectivity index (χ0n) is 11.2. The maximum atomic E-state index is 12.8. The van der Waals surface area contributed by atoms with Crippen molar-refractivity contribution in [1.82, 2.24) is 5.32 Å². The van der Waals surface area contributed by atoms with E-state index in [2.05, 4.69) is 5.32 Å². The monoisotopic (exact) mass is 273 g/mol. The van der Waals surface area contributed by atoms with Crippen molar-refractivity contribution >= 4 is 5.91 Å². The summed E-state index contributed by atoms with van der Waals surface area (Å²) in [4.78, 5) is 11.9. The number of carbonyl (C=O) groups is 1. The van der Waals surface area contributed by atoms with Crippen LogP contribution in [0.15, 0.2) is 54.6 Å². The van der Waals surface area contributed by atoms with Gasteiger partial charge in [0.25, 0.3) is 5.91 Å². The van der Waals surface area contributed by atoms with Gasteiger partial charge in [-0.25, -0.2) is 4.39 Å². The van der Waals surface area contributed by atoms with E-state index in [1.165, 1.54) is 24.3 Å². The summed E-state index contributed by atoms with van der Waals surface area (Å²) in [5.74, 6) is -0.608. The number of nitrogens with one attached hydrogen (secondary N) is 1. The molecule has 4 heteroatoms. The number of methoxy groups -OCH3 is 1. The normalized spacial score (nSPS) is 11.9. The van der Waals surface area contributed by atoms with Gasteiger partial charge in [0.2, 0.25) is 0 Å². The van der Waals surface area contributed by atoms with Crippen LogP contribution in [0, 0.1) is 5.82 Å². The molecule has 104 valence electrons. The van der Waals surface area contributed by atoms with Crippen LogP contribution in [0.3, 0.4) is 0 Å². The lowest BCUT2D eigenvalue weighted by atomic mass is 10.1. The van der Waals surface area contributed by atoms with Gasteiger partial charge in [0.15, 0.2) is 0 Å². The van der Waals surface area contributed by atoms with Gasteiger partial charge in [0.1, 0.15) is 5.82 Å². The Hall–Kier alpha value is -2.20. The molecule has 1 amide bonds. The van der Waals surface area contributed by atoms with E-state index in [-0.39, 0.29) is 17.8 Å². The topological polar surface area (TPSA) is 38.3 Å². The Kier molecular flexibility index (Phi) is 4.85. The quantitative estimate of drug-likeness (QED) is 0.909. The van der Waals surface area contributed by atoms with Gasteiger partial charge in [-0.15, -0.1) is 0 Å². The maximum Gasteiger partial charge on any atom is 0.251 e. The molecule has 3 nitrogen and oxygen atoms in total. The maximum absolute atomic E-state index is 12.8. The Morgan fingerprint density at radius 1 is 1.15 bits per heavy atom. The van der Waals surface area contributed by atoms with Crippen molar-refractivity contribution in [1.29, 1.82) is 0 Å². The van der Waals surface area contributed by atoms with Crippen molar-refractivity contribution < 1.29 is 13.9 Å². The van der Waals surface area contributed by atoms with E-state index < -0.39 is 0 Å². The van der Waals surface area contributed by atoms with Crippen LogP contribution in [0.4, 0.5) is 4.39 Å². The Bertz CT molecular complexity index is 554. The molecule has 0 aliphatic carbocycles. The smallest absolute Gasteiger partial charge is 0.251 e. The molecule has 0 fully saturated rings. The number of carbonyl (C=O) groups excluding carboxylic acids is 1. The fourth-order valence-corrected chi connectivity index (χ4v) is 1.89. The van der Waals surface area contributed by atoms with E-state index >= 15 is 0 Å². The predicted molar refractivity (Wildman–Crippen MR) is 74.9 cm³/mol. The second-order valence-electron chi connectivity index (χ2n) is 4.35. The van der Waals surface area contributed by atoms with Gasteiger partial charge in [-0.1, -0.05) is 30.3 Å². The van der Waals surface area contributed by atoms with E-state index in [4.69, 9.17) is 4.74 Å². The average molecular weight is 273 g/mol. The van der Waals surface area contributed by atoms with Crippen LogP contribution in [0.1, 0.15) is 22.0 Å². The van der Waals surface area contributed by atoms with E-state index in [1.54, 1.807) is 7.11 Å². The molecule has 0 radical (unpaired) electrons. The molecular weight excluding hydrogens is 257 g/mol. The van der Waals surface area contributed by atoms with Crippen LogP contribution >= 0.6 is 0 Å². The van der Waals surface area contributed by atoms with Crippen molar-refractivity contribution in [2.75, 3.05) is 13.7 Å². The number of rotatable bonds is 5. The summed E-state index contributed by atoms with van der Waals surface area (Å²) in [6.07, 6.45) is -0.208. The van der Waals surface area contributed by atoms with Gasteiger partial charge >= 0.3 is 0 Å². The molecule has 0 aliphatic heterocycles. The minimum Gasteiger partial charge on any atom is -0.375 e. The summed E-state index contributed by atoms with van der Waals surface area (Å²) >= 11 is 0. The van der Waals surface area contributed by atoms with E-state index in [0.717, 1.165) is 5.56 Å². The Morgan fingerprint density at radius 3 is 2.40 bits per heavy atom. The third-order valence-electron chi connectivity index (χ3n) is 3.01. The highest BCUT2D eigenvalue weighted by Crippen LogP contribution is 2.15. The van der Waals surface area contributed by atoms with Crippen molar-refractivity contribution in [3.8, 4) is 0 Å². The summed E-state index contributed by atoms with van der Waals surface area (Å²) in [5.41, 5.74) is 1.42. The van der Waals surface area contributed by atoms with Crippen LogP contribution in [-0.2, 0) is 4.74 Å². The van der Waals surface area contributed by atoms with Crippen LogP contribution < -0.4 is 5.32 Å². The van der Waals surface area contributed by atoms with Gasteiger partial charge in [0.05, 0.1) is 6.10 Å². The molecule has 2 aromatic rings. The first-order valence-corrected chi connectivity index (χ1v) is 6.32. The summed E-state index contributed by atoms with van der Waals surface area (Å²) in [7, 11) is 1.60. The molecule has 2 aromatic carbocycles. The molecule has 20 heavy (non-hydrogen) atoms. The van der Waals surface area contributed by atoms with Gasteiger partial charge in [-0.05, 0) is 29.8 Å². The molecule has 0 saturated heterocycles. The fraction of sp³-hybridized carbons (Fsp3) is 0.188. The van der Waals surface area contributed by atoms with Crippen molar-refractivity contribution in [2.24, 2.45) is 0 Å². The molecule has 0 aromatic heterocycles. The zero-order chi connectivity index (χ0) is 14.4. The average Bonchev–Trinajstić information content (AvgIpc) is 2.49. The third-order valence-corrected chi connectivity index (χ3v) is 3.01. The molecule has 0 spiro atoms. The second-order valence-corrected chi connectivity index (χ2v) is 4.35. The number of ether oxygens (including phenoxy) is 1. The largest absolute Gasteiger partial charge is 0.375 e. The molecule has 2 rings (SSSR count). The molecule has 1 unspecified atom stereocenters. The first-order valence-electron chi connectivity index (χ1n) is 6.32. The predicted octanol–water partition coefficient (Wildman–Crippen LogP) is 2.94. The molecule has 1 atom stereocenters. The van der Waals surface area contributed by atoms with Crippen LogP contribution in [-0.4, -0.2) is 19.6 Å². The third kappa shape index (κ3) is 3.65. The first-order chi connectivity index (χ1) is 9.70. The molecule has 0 saturated carbocycles. The standard InChI is InChI=1S/C16H16FNO2/c1-20-15(12-5-3-2-4-6-12)11-18-16(19)13-7-9-14(17)10-8-13/h2-10,15H,11H2,1H3,(H,18,19). The SMILES string of the molecule is COC(CNC(=O)c1ccc(F)cc1)c1ccccc1. The highest BCUT2D eigenvalue weighted by Gasteiger charge is 2.12. The molecular formula is C16H16FNO2. The van der Waals surface area contributed by atoms with Crippen LogP contribution in [0.5, 0.6) is 0 Å². The summed E-state index contributed by atoms with van der Waals surface area (Å²) in [6.45, 7) is 0.358. The van der Waals surface area contributed by atoms with E-state index in [0.29, 0.717) is 12.1 Å². The highest BCUT2D eigenvalue weighted by molar-refractivity contribution is 5.94. The van der Waals surface area contributed by atoms with Gasteiger partial charge in [-0.3, -0.25) is 4.79 Å². The minimum absolute atomic E-state index is 0.208. The Balaban J connectivity index is 1.96. The zero-order valence-corrected chi connectivity index (χ0v) is 11.2. The number of benzene rings is 2. The minimum atomic E-state index is -0.361. The number of hydrogen-bond acceptors (Lipinski definition) is 2. The summed E-state index contributed by atoms with van der Waals surface area (Å²) < 4.78 is 18.2. The molecule has 1 N–H and O–H groups in total. The van der Waals surface area contributed by atoms with E-state index in [9.17, 15) is 9.18 Å². The lowest BCUT2D eigenvalue weighted by molar-refractivity contribution is 0.0828. The summed E-state index contributed by atoms with van der Waals surface area (Å²) in [5, 5.41) is 2.78. The summed E-state index contributed by atoms with van der Waals surface area (Å²) in [6, 6.07) is 15.1. The second kappa shape index (κ2) is 6.82. The van der Waals surface area contributed by atoms with Crippen molar-refractivity contribution in [2.45, 2.75) is 6.10 Å².